The molecule has 4 nitrogen and oxygen atoms in total. The number of nitrogens with two attached hydrogens (primary N) is 1. The minimum absolute atomic E-state index is 0.257. The monoisotopic (exact) mass is 243 g/mol. The number of rotatable bonds is 7. The van der Waals surface area contributed by atoms with E-state index in [9.17, 15) is 4.39 Å². The zero-order chi connectivity index (χ0) is 12.7. The van der Waals surface area contributed by atoms with Crippen LogP contribution in [-0.2, 0) is 9.47 Å². The molecular weight excluding hydrogens is 225 g/mol. The summed E-state index contributed by atoms with van der Waals surface area (Å²) in [6.07, 6.45) is 0. The lowest BCUT2D eigenvalue weighted by Gasteiger charge is -2.14. The molecule has 0 aromatic heterocycles. The maximum Gasteiger partial charge on any atom is 0.131 e. The van der Waals surface area contributed by atoms with Gasteiger partial charge in [0.25, 0.3) is 0 Å². The highest BCUT2D eigenvalue weighted by molar-refractivity contribution is 5.30. The van der Waals surface area contributed by atoms with Crippen molar-refractivity contribution in [1.29, 1.82) is 0 Å². The molecule has 0 spiro atoms. The van der Waals surface area contributed by atoms with E-state index in [4.69, 9.17) is 19.9 Å². The van der Waals surface area contributed by atoms with Gasteiger partial charge in [-0.05, 0) is 6.07 Å². The standard InChI is InChI=1S/C12H18FNO3/c1-15-5-6-17-8-12(14)10-4-3-9(16-2)7-11(10)13/h3-4,7,12H,5-6,8,14H2,1-2H3. The summed E-state index contributed by atoms with van der Waals surface area (Å²) in [5.74, 6) is 0.0888. The smallest absolute Gasteiger partial charge is 0.131 e. The Morgan fingerprint density at radius 1 is 1.29 bits per heavy atom. The molecule has 0 amide bonds. The average molecular weight is 243 g/mol. The molecule has 5 heteroatoms. The summed E-state index contributed by atoms with van der Waals surface area (Å²) in [4.78, 5) is 0. The van der Waals surface area contributed by atoms with Gasteiger partial charge in [0, 0.05) is 18.7 Å². The van der Waals surface area contributed by atoms with Gasteiger partial charge in [0.2, 0.25) is 0 Å². The van der Waals surface area contributed by atoms with Crippen molar-refractivity contribution in [2.75, 3.05) is 34.0 Å². The quantitative estimate of drug-likeness (QED) is 0.737. The molecule has 0 heterocycles. The van der Waals surface area contributed by atoms with Crippen LogP contribution in [0.25, 0.3) is 0 Å². The maximum absolute atomic E-state index is 13.6. The Labute approximate surface area is 100 Å². The van der Waals surface area contributed by atoms with Gasteiger partial charge in [0.05, 0.1) is 33.0 Å². The average Bonchev–Trinajstić information content (AvgIpc) is 2.34. The van der Waals surface area contributed by atoms with Crippen LogP contribution in [0.15, 0.2) is 18.2 Å². The lowest BCUT2D eigenvalue weighted by Crippen LogP contribution is -2.19. The molecule has 0 bridgehead atoms. The summed E-state index contributed by atoms with van der Waals surface area (Å²) in [6, 6.07) is 4.11. The number of halogens is 1. The van der Waals surface area contributed by atoms with Gasteiger partial charge in [0.1, 0.15) is 11.6 Å². The number of ether oxygens (including phenoxy) is 3. The van der Waals surface area contributed by atoms with E-state index in [1.54, 1.807) is 19.2 Å². The van der Waals surface area contributed by atoms with Crippen LogP contribution in [0.4, 0.5) is 4.39 Å². The Balaban J connectivity index is 2.53. The molecule has 96 valence electrons. The molecule has 1 unspecified atom stereocenters. The van der Waals surface area contributed by atoms with Crippen LogP contribution < -0.4 is 10.5 Å². The molecule has 0 saturated carbocycles. The predicted molar refractivity (Wildman–Crippen MR) is 62.6 cm³/mol. The van der Waals surface area contributed by atoms with Crippen LogP contribution in [-0.4, -0.2) is 34.0 Å². The molecule has 0 aliphatic heterocycles. The lowest BCUT2D eigenvalue weighted by molar-refractivity contribution is 0.0632. The first-order chi connectivity index (χ1) is 8.19. The van der Waals surface area contributed by atoms with Crippen LogP contribution in [0.5, 0.6) is 5.75 Å². The lowest BCUT2D eigenvalue weighted by atomic mass is 10.1. The normalized spacial score (nSPS) is 12.5. The summed E-state index contributed by atoms with van der Waals surface area (Å²) in [5.41, 5.74) is 6.24. The topological polar surface area (TPSA) is 53.7 Å². The van der Waals surface area contributed by atoms with Crippen molar-refractivity contribution in [3.05, 3.63) is 29.6 Å². The Morgan fingerprint density at radius 3 is 2.65 bits per heavy atom. The van der Waals surface area contributed by atoms with Crippen LogP contribution in [0.2, 0.25) is 0 Å². The van der Waals surface area contributed by atoms with Crippen molar-refractivity contribution in [1.82, 2.24) is 0 Å². The fraction of sp³-hybridized carbons (Fsp3) is 0.500. The molecule has 0 aliphatic rings. The summed E-state index contributed by atoms with van der Waals surface area (Å²) >= 11 is 0. The second-order valence-corrected chi connectivity index (χ2v) is 3.56. The third-order valence-corrected chi connectivity index (χ3v) is 2.34. The fourth-order valence-electron chi connectivity index (χ4n) is 1.38. The van der Waals surface area contributed by atoms with E-state index in [-0.39, 0.29) is 12.4 Å². The van der Waals surface area contributed by atoms with Crippen LogP contribution in [0, 0.1) is 5.82 Å². The summed E-state index contributed by atoms with van der Waals surface area (Å²) in [6.45, 7) is 1.20. The summed E-state index contributed by atoms with van der Waals surface area (Å²) in [5, 5.41) is 0. The van der Waals surface area contributed by atoms with E-state index in [0.29, 0.717) is 24.5 Å². The first-order valence-electron chi connectivity index (χ1n) is 5.34. The number of methoxy groups -OCH3 is 2. The van der Waals surface area contributed by atoms with Gasteiger partial charge in [-0.25, -0.2) is 4.39 Å². The minimum Gasteiger partial charge on any atom is -0.497 e. The van der Waals surface area contributed by atoms with E-state index >= 15 is 0 Å². The Bertz CT molecular complexity index is 347. The zero-order valence-corrected chi connectivity index (χ0v) is 10.1. The SMILES string of the molecule is COCCOCC(N)c1ccc(OC)cc1F. The molecule has 1 rings (SSSR count). The van der Waals surface area contributed by atoms with Crippen LogP contribution in [0.1, 0.15) is 11.6 Å². The first kappa shape index (κ1) is 13.9. The molecule has 0 aliphatic carbocycles. The van der Waals surface area contributed by atoms with Crippen molar-refractivity contribution >= 4 is 0 Å². The fourth-order valence-corrected chi connectivity index (χ4v) is 1.38. The second kappa shape index (κ2) is 7.21. The number of benzene rings is 1. The van der Waals surface area contributed by atoms with Gasteiger partial charge >= 0.3 is 0 Å². The minimum atomic E-state index is -0.488. The summed E-state index contributed by atoms with van der Waals surface area (Å²) in [7, 11) is 3.08. The Hall–Kier alpha value is -1.17. The van der Waals surface area contributed by atoms with Crippen LogP contribution >= 0.6 is 0 Å². The maximum atomic E-state index is 13.6. The molecular formula is C12H18FNO3. The van der Waals surface area contributed by atoms with Gasteiger partial charge in [0.15, 0.2) is 0 Å². The zero-order valence-electron chi connectivity index (χ0n) is 10.1. The van der Waals surface area contributed by atoms with E-state index in [0.717, 1.165) is 0 Å². The second-order valence-electron chi connectivity index (χ2n) is 3.56. The van der Waals surface area contributed by atoms with Crippen LogP contribution in [0.3, 0.4) is 0 Å². The van der Waals surface area contributed by atoms with Gasteiger partial charge in [-0.2, -0.15) is 0 Å². The van der Waals surface area contributed by atoms with Gasteiger partial charge in [-0.15, -0.1) is 0 Å². The highest BCUT2D eigenvalue weighted by atomic mass is 19.1. The van der Waals surface area contributed by atoms with E-state index in [2.05, 4.69) is 0 Å². The number of hydrogen-bond donors (Lipinski definition) is 1. The third-order valence-electron chi connectivity index (χ3n) is 2.34. The molecule has 2 N–H and O–H groups in total. The van der Waals surface area contributed by atoms with Crippen molar-refractivity contribution in [2.45, 2.75) is 6.04 Å². The molecule has 1 aromatic rings. The number of hydrogen-bond acceptors (Lipinski definition) is 4. The highest BCUT2D eigenvalue weighted by Gasteiger charge is 2.12. The molecule has 1 atom stereocenters. The molecule has 1 aromatic carbocycles. The largest absolute Gasteiger partial charge is 0.497 e. The van der Waals surface area contributed by atoms with Crippen molar-refractivity contribution in [3.63, 3.8) is 0 Å². The first-order valence-corrected chi connectivity index (χ1v) is 5.34. The Morgan fingerprint density at radius 2 is 2.06 bits per heavy atom. The van der Waals surface area contributed by atoms with Crippen molar-refractivity contribution in [2.24, 2.45) is 5.73 Å². The Kier molecular flexibility index (Phi) is 5.90. The molecule has 17 heavy (non-hydrogen) atoms. The summed E-state index contributed by atoms with van der Waals surface area (Å²) < 4.78 is 28.6. The van der Waals surface area contributed by atoms with Crippen molar-refractivity contribution < 1.29 is 18.6 Å². The van der Waals surface area contributed by atoms with E-state index in [1.807, 2.05) is 0 Å². The molecule has 0 fully saturated rings. The molecule has 0 radical (unpaired) electrons. The third kappa shape index (κ3) is 4.30. The highest BCUT2D eigenvalue weighted by Crippen LogP contribution is 2.20. The van der Waals surface area contributed by atoms with Gasteiger partial charge < -0.3 is 19.9 Å². The van der Waals surface area contributed by atoms with E-state index < -0.39 is 6.04 Å². The predicted octanol–water partition coefficient (Wildman–Crippen LogP) is 1.50. The van der Waals surface area contributed by atoms with Crippen molar-refractivity contribution in [3.8, 4) is 5.75 Å². The van der Waals surface area contributed by atoms with Gasteiger partial charge in [-0.1, -0.05) is 6.07 Å². The van der Waals surface area contributed by atoms with E-state index in [1.165, 1.54) is 13.2 Å². The van der Waals surface area contributed by atoms with Gasteiger partial charge in [-0.3, -0.25) is 0 Å². The molecule has 0 saturated heterocycles.